The molecule has 0 unspecified atom stereocenters. The van der Waals surface area contributed by atoms with Crippen LogP contribution in [0.3, 0.4) is 0 Å². The molecular weight excluding hydrogens is 220 g/mol. The Labute approximate surface area is 97.3 Å². The van der Waals surface area contributed by atoms with Gasteiger partial charge in [0.05, 0.1) is 5.69 Å². The van der Waals surface area contributed by atoms with Crippen LogP contribution < -0.4 is 5.32 Å². The maximum Gasteiger partial charge on any atom is 0.329 e. The SMILES string of the molecule is Cc1cc2c(NC3(C(=O)O)CC3)nccn2n1. The Bertz CT molecular complexity index is 601. The highest BCUT2D eigenvalue weighted by Crippen LogP contribution is 2.39. The summed E-state index contributed by atoms with van der Waals surface area (Å²) >= 11 is 0. The summed E-state index contributed by atoms with van der Waals surface area (Å²) in [7, 11) is 0. The minimum Gasteiger partial charge on any atom is -0.480 e. The highest BCUT2D eigenvalue weighted by Gasteiger charge is 2.51. The van der Waals surface area contributed by atoms with Crippen molar-refractivity contribution in [3.8, 4) is 0 Å². The predicted molar refractivity (Wildman–Crippen MR) is 60.9 cm³/mol. The summed E-state index contributed by atoms with van der Waals surface area (Å²) in [5.41, 5.74) is 0.853. The number of nitrogens with zero attached hydrogens (tertiary/aromatic N) is 3. The van der Waals surface area contributed by atoms with Crippen LogP contribution in [0.5, 0.6) is 0 Å². The van der Waals surface area contributed by atoms with E-state index in [4.69, 9.17) is 5.11 Å². The minimum absolute atomic E-state index is 0.577. The summed E-state index contributed by atoms with van der Waals surface area (Å²) in [6.07, 6.45) is 4.63. The second kappa shape index (κ2) is 3.19. The van der Waals surface area contributed by atoms with Gasteiger partial charge in [0.2, 0.25) is 0 Å². The van der Waals surface area contributed by atoms with Crippen molar-refractivity contribution >= 4 is 17.3 Å². The summed E-state index contributed by atoms with van der Waals surface area (Å²) in [4.78, 5) is 15.3. The molecule has 6 nitrogen and oxygen atoms in total. The van der Waals surface area contributed by atoms with Crippen molar-refractivity contribution in [3.05, 3.63) is 24.2 Å². The number of carbonyl (C=O) groups is 1. The van der Waals surface area contributed by atoms with E-state index in [0.717, 1.165) is 11.2 Å². The maximum atomic E-state index is 11.1. The third-order valence-corrected chi connectivity index (χ3v) is 3.03. The molecule has 17 heavy (non-hydrogen) atoms. The Hall–Kier alpha value is -2.11. The number of nitrogens with one attached hydrogen (secondary N) is 1. The second-order valence-corrected chi connectivity index (χ2v) is 4.40. The predicted octanol–water partition coefficient (Wildman–Crippen LogP) is 1.07. The number of rotatable bonds is 3. The molecule has 6 heteroatoms. The van der Waals surface area contributed by atoms with Gasteiger partial charge in [-0.15, -0.1) is 0 Å². The van der Waals surface area contributed by atoms with E-state index >= 15 is 0 Å². The summed E-state index contributed by atoms with van der Waals surface area (Å²) in [6.45, 7) is 1.89. The van der Waals surface area contributed by atoms with Gasteiger partial charge in [-0.1, -0.05) is 0 Å². The molecule has 88 valence electrons. The van der Waals surface area contributed by atoms with Gasteiger partial charge in [0.25, 0.3) is 0 Å². The fraction of sp³-hybridized carbons (Fsp3) is 0.364. The summed E-state index contributed by atoms with van der Waals surface area (Å²) < 4.78 is 1.70. The molecular formula is C11H12N4O2. The van der Waals surface area contributed by atoms with Gasteiger partial charge < -0.3 is 10.4 Å². The minimum atomic E-state index is -0.826. The van der Waals surface area contributed by atoms with Gasteiger partial charge in [-0.2, -0.15) is 5.10 Å². The molecule has 0 amide bonds. The standard InChI is InChI=1S/C11H12N4O2/c1-7-6-8-9(12-4-5-15(8)14-7)13-11(2-3-11)10(16)17/h4-6H,2-3H2,1H3,(H,12,13)(H,16,17). The van der Waals surface area contributed by atoms with Gasteiger partial charge >= 0.3 is 5.97 Å². The van der Waals surface area contributed by atoms with E-state index in [1.54, 1.807) is 16.9 Å². The molecule has 3 rings (SSSR count). The molecule has 0 spiro atoms. The van der Waals surface area contributed by atoms with Crippen molar-refractivity contribution in [1.82, 2.24) is 14.6 Å². The molecule has 1 saturated carbocycles. The fourth-order valence-corrected chi connectivity index (χ4v) is 1.88. The van der Waals surface area contributed by atoms with Crippen LogP contribution >= 0.6 is 0 Å². The maximum absolute atomic E-state index is 11.1. The zero-order chi connectivity index (χ0) is 12.0. The van der Waals surface area contributed by atoms with Crippen molar-refractivity contribution in [1.29, 1.82) is 0 Å². The Kier molecular flexibility index (Phi) is 1.89. The van der Waals surface area contributed by atoms with Crippen LogP contribution in [-0.2, 0) is 4.79 Å². The van der Waals surface area contributed by atoms with Crippen molar-refractivity contribution in [2.75, 3.05) is 5.32 Å². The van der Waals surface area contributed by atoms with E-state index in [1.807, 2.05) is 13.0 Å². The highest BCUT2D eigenvalue weighted by atomic mass is 16.4. The summed E-state index contributed by atoms with van der Waals surface area (Å²) in [5, 5.41) is 16.4. The van der Waals surface area contributed by atoms with Crippen LogP contribution in [-0.4, -0.2) is 31.2 Å². The molecule has 0 aromatic carbocycles. The zero-order valence-electron chi connectivity index (χ0n) is 9.34. The number of aryl methyl sites for hydroxylation is 1. The Balaban J connectivity index is 2.03. The van der Waals surface area contributed by atoms with E-state index in [-0.39, 0.29) is 0 Å². The molecule has 1 aliphatic rings. The molecule has 0 saturated heterocycles. The molecule has 2 N–H and O–H groups in total. The van der Waals surface area contributed by atoms with E-state index in [0.29, 0.717) is 18.7 Å². The van der Waals surface area contributed by atoms with Crippen molar-refractivity contribution in [3.63, 3.8) is 0 Å². The van der Waals surface area contributed by atoms with Crippen LogP contribution in [0.2, 0.25) is 0 Å². The van der Waals surface area contributed by atoms with Gasteiger partial charge in [0.1, 0.15) is 11.1 Å². The number of anilines is 1. The summed E-state index contributed by atoms with van der Waals surface area (Å²) in [6, 6.07) is 1.88. The number of hydrogen-bond acceptors (Lipinski definition) is 4. The molecule has 0 aliphatic heterocycles. The largest absolute Gasteiger partial charge is 0.480 e. The molecule has 2 heterocycles. The number of fused-ring (bicyclic) bond motifs is 1. The molecule has 0 bridgehead atoms. The third kappa shape index (κ3) is 1.52. The number of aliphatic carboxylic acids is 1. The van der Waals surface area contributed by atoms with Gasteiger partial charge in [0.15, 0.2) is 5.82 Å². The third-order valence-electron chi connectivity index (χ3n) is 3.03. The van der Waals surface area contributed by atoms with Crippen LogP contribution in [0.15, 0.2) is 18.5 Å². The molecule has 1 aliphatic carbocycles. The monoisotopic (exact) mass is 232 g/mol. The molecule has 0 radical (unpaired) electrons. The van der Waals surface area contributed by atoms with E-state index in [1.165, 1.54) is 0 Å². The van der Waals surface area contributed by atoms with Gasteiger partial charge in [-0.25, -0.2) is 14.3 Å². The average Bonchev–Trinajstić information content (AvgIpc) is 2.95. The van der Waals surface area contributed by atoms with Crippen LogP contribution in [0, 0.1) is 6.92 Å². The van der Waals surface area contributed by atoms with Gasteiger partial charge in [-0.05, 0) is 25.8 Å². The number of carboxylic acids is 1. The van der Waals surface area contributed by atoms with Crippen LogP contribution in [0.25, 0.3) is 5.52 Å². The first-order valence-corrected chi connectivity index (χ1v) is 5.43. The molecule has 2 aromatic rings. The first-order chi connectivity index (χ1) is 8.11. The zero-order valence-corrected chi connectivity index (χ0v) is 9.34. The highest BCUT2D eigenvalue weighted by molar-refractivity contribution is 5.87. The average molecular weight is 232 g/mol. The lowest BCUT2D eigenvalue weighted by molar-refractivity contribution is -0.138. The fourth-order valence-electron chi connectivity index (χ4n) is 1.88. The quantitative estimate of drug-likeness (QED) is 0.827. The molecule has 2 aromatic heterocycles. The summed E-state index contributed by atoms with van der Waals surface area (Å²) in [5.74, 6) is -0.245. The topological polar surface area (TPSA) is 79.5 Å². The van der Waals surface area contributed by atoms with Gasteiger partial charge in [0, 0.05) is 12.4 Å². The van der Waals surface area contributed by atoms with Crippen molar-refractivity contribution in [2.45, 2.75) is 25.3 Å². The van der Waals surface area contributed by atoms with E-state index in [9.17, 15) is 4.79 Å². The molecule has 0 atom stereocenters. The van der Waals surface area contributed by atoms with Crippen LogP contribution in [0.1, 0.15) is 18.5 Å². The Morgan fingerprint density at radius 1 is 1.59 bits per heavy atom. The van der Waals surface area contributed by atoms with Gasteiger partial charge in [-0.3, -0.25) is 0 Å². The number of carboxylic acid groups (broad SMARTS) is 1. The Morgan fingerprint density at radius 3 is 3.00 bits per heavy atom. The lowest BCUT2D eigenvalue weighted by atomic mass is 10.2. The molecule has 1 fully saturated rings. The van der Waals surface area contributed by atoms with Crippen LogP contribution in [0.4, 0.5) is 5.82 Å². The number of aromatic nitrogens is 3. The lowest BCUT2D eigenvalue weighted by Crippen LogP contribution is -2.31. The van der Waals surface area contributed by atoms with E-state index in [2.05, 4.69) is 15.4 Å². The van der Waals surface area contributed by atoms with E-state index < -0.39 is 11.5 Å². The lowest BCUT2D eigenvalue weighted by Gasteiger charge is -2.13. The van der Waals surface area contributed by atoms with Crippen molar-refractivity contribution < 1.29 is 9.90 Å². The smallest absolute Gasteiger partial charge is 0.329 e. The van der Waals surface area contributed by atoms with Crippen molar-refractivity contribution in [2.24, 2.45) is 0 Å². The first-order valence-electron chi connectivity index (χ1n) is 5.43. The first kappa shape index (κ1) is 10.1. The Morgan fingerprint density at radius 2 is 2.35 bits per heavy atom. The number of hydrogen-bond donors (Lipinski definition) is 2. The normalized spacial score (nSPS) is 17.0. The second-order valence-electron chi connectivity index (χ2n) is 4.40.